The van der Waals surface area contributed by atoms with Gasteiger partial charge in [0.15, 0.2) is 0 Å². The number of benzene rings is 2. The van der Waals surface area contributed by atoms with E-state index in [1.807, 2.05) is 6.07 Å². The summed E-state index contributed by atoms with van der Waals surface area (Å²) in [4.78, 5) is 24.1. The fourth-order valence-electron chi connectivity index (χ4n) is 2.00. The van der Waals surface area contributed by atoms with Crippen LogP contribution in [0.5, 0.6) is 5.75 Å². The lowest BCUT2D eigenvalue weighted by Crippen LogP contribution is -2.45. The monoisotopic (exact) mass is 346 g/mol. The van der Waals surface area contributed by atoms with E-state index in [0.29, 0.717) is 17.1 Å². The van der Waals surface area contributed by atoms with Crippen LogP contribution in [0.15, 0.2) is 53.0 Å². The molecule has 2 amide bonds. The van der Waals surface area contributed by atoms with Crippen LogP contribution in [-0.2, 0) is 9.59 Å². The van der Waals surface area contributed by atoms with E-state index in [1.54, 1.807) is 42.5 Å². The maximum atomic E-state index is 12.2. The van der Waals surface area contributed by atoms with Crippen LogP contribution in [0.3, 0.4) is 0 Å². The second-order valence-electron chi connectivity index (χ2n) is 4.48. The van der Waals surface area contributed by atoms with Crippen molar-refractivity contribution in [2.24, 2.45) is 0 Å². The summed E-state index contributed by atoms with van der Waals surface area (Å²) in [6.07, 6.45) is -1.21. The van der Waals surface area contributed by atoms with Crippen molar-refractivity contribution in [3.63, 3.8) is 0 Å². The van der Waals surface area contributed by atoms with Gasteiger partial charge in [-0.2, -0.15) is 0 Å². The molecule has 2 N–H and O–H groups in total. The normalized spacial score (nSPS) is 16.4. The Morgan fingerprint density at radius 2 is 2.00 bits per heavy atom. The Kier molecular flexibility index (Phi) is 3.62. The van der Waals surface area contributed by atoms with E-state index < -0.39 is 17.9 Å². The van der Waals surface area contributed by atoms with E-state index in [1.165, 1.54) is 0 Å². The van der Waals surface area contributed by atoms with Crippen LogP contribution in [-0.4, -0.2) is 17.9 Å². The van der Waals surface area contributed by atoms with Gasteiger partial charge in [0.1, 0.15) is 5.75 Å². The number of rotatable bonds is 2. The third-order valence-electron chi connectivity index (χ3n) is 2.96. The van der Waals surface area contributed by atoms with Crippen LogP contribution in [0.4, 0.5) is 11.4 Å². The van der Waals surface area contributed by atoms with Crippen molar-refractivity contribution >= 4 is 39.1 Å². The topological polar surface area (TPSA) is 67.4 Å². The third-order valence-corrected chi connectivity index (χ3v) is 3.45. The Balaban J connectivity index is 1.78. The standard InChI is InChI=1S/C15H11BrN2O3/c16-9-4-3-5-10(8-9)17-14(19)13-15(20)18-11-6-1-2-7-12(11)21-13/h1-8,13H,(H,17,19)(H,18,20). The van der Waals surface area contributed by atoms with Crippen molar-refractivity contribution < 1.29 is 14.3 Å². The van der Waals surface area contributed by atoms with E-state index in [4.69, 9.17) is 4.74 Å². The van der Waals surface area contributed by atoms with Gasteiger partial charge in [-0.25, -0.2) is 0 Å². The molecule has 1 aliphatic rings. The molecule has 2 aromatic rings. The number of fused-ring (bicyclic) bond motifs is 1. The molecule has 5 nitrogen and oxygen atoms in total. The molecule has 0 aromatic heterocycles. The molecule has 3 rings (SSSR count). The highest BCUT2D eigenvalue weighted by Gasteiger charge is 2.33. The quantitative estimate of drug-likeness (QED) is 0.821. The van der Waals surface area contributed by atoms with Crippen molar-refractivity contribution in [1.29, 1.82) is 0 Å². The molecule has 21 heavy (non-hydrogen) atoms. The summed E-state index contributed by atoms with van der Waals surface area (Å²) in [5, 5.41) is 5.31. The highest BCUT2D eigenvalue weighted by molar-refractivity contribution is 9.10. The Morgan fingerprint density at radius 3 is 2.81 bits per heavy atom. The molecule has 6 heteroatoms. The summed E-state index contributed by atoms with van der Waals surface area (Å²) in [6, 6.07) is 14.1. The van der Waals surface area contributed by atoms with Crippen molar-refractivity contribution in [3.8, 4) is 5.75 Å². The third kappa shape index (κ3) is 2.90. The molecular formula is C15H11BrN2O3. The Bertz CT molecular complexity index is 718. The van der Waals surface area contributed by atoms with Gasteiger partial charge in [0.2, 0.25) is 0 Å². The zero-order valence-corrected chi connectivity index (χ0v) is 12.4. The van der Waals surface area contributed by atoms with Crippen LogP contribution in [0.1, 0.15) is 0 Å². The lowest BCUT2D eigenvalue weighted by atomic mass is 10.2. The molecule has 1 heterocycles. The smallest absolute Gasteiger partial charge is 0.275 e. The van der Waals surface area contributed by atoms with Gasteiger partial charge in [-0.1, -0.05) is 34.1 Å². The van der Waals surface area contributed by atoms with Gasteiger partial charge in [-0.3, -0.25) is 9.59 Å². The maximum absolute atomic E-state index is 12.2. The molecule has 1 atom stereocenters. The molecule has 0 aliphatic carbocycles. The van der Waals surface area contributed by atoms with E-state index in [2.05, 4.69) is 26.6 Å². The van der Waals surface area contributed by atoms with E-state index in [9.17, 15) is 9.59 Å². The number of hydrogen-bond donors (Lipinski definition) is 2. The van der Waals surface area contributed by atoms with Gasteiger partial charge >= 0.3 is 0 Å². The Morgan fingerprint density at radius 1 is 1.19 bits per heavy atom. The molecule has 1 unspecified atom stereocenters. The van der Waals surface area contributed by atoms with Gasteiger partial charge in [-0.05, 0) is 30.3 Å². The first-order chi connectivity index (χ1) is 10.1. The van der Waals surface area contributed by atoms with Crippen molar-refractivity contribution in [3.05, 3.63) is 53.0 Å². The molecule has 0 bridgehead atoms. The maximum Gasteiger partial charge on any atom is 0.275 e. The minimum Gasteiger partial charge on any atom is -0.468 e. The van der Waals surface area contributed by atoms with Gasteiger partial charge < -0.3 is 15.4 Å². The number of carbonyl (C=O) groups is 2. The predicted octanol–water partition coefficient (Wildman–Crippen LogP) is 2.79. The zero-order valence-electron chi connectivity index (χ0n) is 10.8. The first kappa shape index (κ1) is 13.6. The number of hydrogen-bond acceptors (Lipinski definition) is 3. The fraction of sp³-hybridized carbons (Fsp3) is 0.0667. The number of nitrogens with one attached hydrogen (secondary N) is 2. The molecule has 0 saturated carbocycles. The minimum absolute atomic E-state index is 0.478. The minimum atomic E-state index is -1.21. The number of carbonyl (C=O) groups excluding carboxylic acids is 2. The van der Waals surface area contributed by atoms with Crippen molar-refractivity contribution in [1.82, 2.24) is 0 Å². The lowest BCUT2D eigenvalue weighted by Gasteiger charge is -2.24. The fourth-order valence-corrected chi connectivity index (χ4v) is 2.40. The highest BCUT2D eigenvalue weighted by Crippen LogP contribution is 2.29. The summed E-state index contributed by atoms with van der Waals surface area (Å²) in [6.45, 7) is 0. The molecule has 0 fully saturated rings. The van der Waals surface area contributed by atoms with Crippen LogP contribution < -0.4 is 15.4 Å². The van der Waals surface area contributed by atoms with Crippen molar-refractivity contribution in [2.45, 2.75) is 6.10 Å². The van der Waals surface area contributed by atoms with Crippen LogP contribution in [0, 0.1) is 0 Å². The first-order valence-electron chi connectivity index (χ1n) is 6.26. The lowest BCUT2D eigenvalue weighted by molar-refractivity contribution is -0.133. The summed E-state index contributed by atoms with van der Waals surface area (Å²) < 4.78 is 6.31. The van der Waals surface area contributed by atoms with Crippen molar-refractivity contribution in [2.75, 3.05) is 10.6 Å². The van der Waals surface area contributed by atoms with Gasteiger partial charge in [0, 0.05) is 10.2 Å². The van der Waals surface area contributed by atoms with Crippen LogP contribution >= 0.6 is 15.9 Å². The molecule has 0 radical (unpaired) electrons. The van der Waals surface area contributed by atoms with Gasteiger partial charge in [0.05, 0.1) is 5.69 Å². The number of anilines is 2. The SMILES string of the molecule is O=C(Nc1cccc(Br)c1)C1Oc2ccccc2NC1=O. The number of ether oxygens (including phenoxy) is 1. The van der Waals surface area contributed by atoms with E-state index in [0.717, 1.165) is 4.47 Å². The average Bonchev–Trinajstić information content (AvgIpc) is 2.46. The number of para-hydroxylation sites is 2. The van der Waals surface area contributed by atoms with E-state index in [-0.39, 0.29) is 0 Å². The molecule has 0 saturated heterocycles. The van der Waals surface area contributed by atoms with Crippen LogP contribution in [0.25, 0.3) is 0 Å². The predicted molar refractivity (Wildman–Crippen MR) is 82.3 cm³/mol. The largest absolute Gasteiger partial charge is 0.468 e. The summed E-state index contributed by atoms with van der Waals surface area (Å²) in [7, 11) is 0. The molecule has 0 spiro atoms. The van der Waals surface area contributed by atoms with Gasteiger partial charge in [-0.15, -0.1) is 0 Å². The van der Waals surface area contributed by atoms with E-state index >= 15 is 0 Å². The Hall–Kier alpha value is -2.34. The second-order valence-corrected chi connectivity index (χ2v) is 5.40. The Labute approximate surface area is 129 Å². The van der Waals surface area contributed by atoms with Crippen LogP contribution in [0.2, 0.25) is 0 Å². The molecular weight excluding hydrogens is 336 g/mol. The molecule has 106 valence electrons. The van der Waals surface area contributed by atoms with Gasteiger partial charge in [0.25, 0.3) is 17.9 Å². The first-order valence-corrected chi connectivity index (χ1v) is 7.06. The summed E-state index contributed by atoms with van der Waals surface area (Å²) >= 11 is 3.32. The molecule has 1 aliphatic heterocycles. The average molecular weight is 347 g/mol. The second kappa shape index (κ2) is 5.57. The number of halogens is 1. The number of amides is 2. The highest BCUT2D eigenvalue weighted by atomic mass is 79.9. The zero-order chi connectivity index (χ0) is 14.8. The summed E-state index contributed by atoms with van der Waals surface area (Å²) in [5.41, 5.74) is 1.15. The summed E-state index contributed by atoms with van der Waals surface area (Å²) in [5.74, 6) is -0.521. The molecule has 2 aromatic carbocycles.